The molecular weight excluding hydrogens is 376 g/mol. The maximum absolute atomic E-state index is 12.4. The summed E-state index contributed by atoms with van der Waals surface area (Å²) in [6.07, 6.45) is 1.45. The summed E-state index contributed by atoms with van der Waals surface area (Å²) in [4.78, 5) is 47.8. The van der Waals surface area contributed by atoms with Gasteiger partial charge >= 0.3 is 5.97 Å². The number of hydrogen-bond acceptors (Lipinski definition) is 7. The van der Waals surface area contributed by atoms with Gasteiger partial charge in [-0.3, -0.25) is 24.1 Å². The molecule has 1 heterocycles. The second kappa shape index (κ2) is 8.58. The minimum atomic E-state index is -1.23. The molecule has 144 valence electrons. The maximum atomic E-state index is 12.4. The molecule has 0 spiro atoms. The molecule has 1 fully saturated rings. The van der Waals surface area contributed by atoms with Gasteiger partial charge in [0.05, 0.1) is 11.5 Å². The molecule has 1 saturated heterocycles. The van der Waals surface area contributed by atoms with Gasteiger partial charge in [-0.25, -0.2) is 0 Å². The summed E-state index contributed by atoms with van der Waals surface area (Å²) in [5.74, 6) is -2.44. The van der Waals surface area contributed by atoms with Gasteiger partial charge in [0.15, 0.2) is 11.5 Å². The topological polar surface area (TPSA) is 133 Å². The highest BCUT2D eigenvalue weighted by Gasteiger charge is 2.36. The van der Waals surface area contributed by atoms with Crippen molar-refractivity contribution in [3.63, 3.8) is 0 Å². The van der Waals surface area contributed by atoms with Crippen LogP contribution in [0, 0.1) is 0 Å². The SMILES string of the molecule is CCOc1cc(/C=C2\SC(=O)N(CC(=O)NC(C)C(=O)O)C2=O)ccc1O. The highest BCUT2D eigenvalue weighted by molar-refractivity contribution is 8.18. The Kier molecular flexibility index (Phi) is 6.45. The number of phenols is 1. The maximum Gasteiger partial charge on any atom is 0.325 e. The third-order valence-corrected chi connectivity index (χ3v) is 4.41. The van der Waals surface area contributed by atoms with Crippen molar-refractivity contribution in [1.29, 1.82) is 0 Å². The smallest absolute Gasteiger partial charge is 0.325 e. The van der Waals surface area contributed by atoms with Gasteiger partial charge in [-0.05, 0) is 49.4 Å². The number of thioether (sulfide) groups is 1. The van der Waals surface area contributed by atoms with Crippen molar-refractivity contribution in [1.82, 2.24) is 10.2 Å². The second-order valence-corrected chi connectivity index (χ2v) is 6.55. The van der Waals surface area contributed by atoms with E-state index in [2.05, 4.69) is 5.32 Å². The van der Waals surface area contributed by atoms with Gasteiger partial charge in [-0.15, -0.1) is 0 Å². The standard InChI is InChI=1S/C17H18N2O7S/c1-3-26-12-6-10(4-5-11(12)20)7-13-15(22)19(17(25)27-13)8-14(21)18-9(2)16(23)24/h4-7,9,20H,3,8H2,1-2H3,(H,18,21)(H,23,24)/b13-7-. The molecule has 2 rings (SSSR count). The van der Waals surface area contributed by atoms with Gasteiger partial charge in [-0.1, -0.05) is 6.07 Å². The van der Waals surface area contributed by atoms with Crippen molar-refractivity contribution in [2.75, 3.05) is 13.2 Å². The molecule has 10 heteroatoms. The molecule has 1 aromatic carbocycles. The minimum absolute atomic E-state index is 0.0497. The van der Waals surface area contributed by atoms with E-state index in [0.29, 0.717) is 23.9 Å². The number of carboxylic acid groups (broad SMARTS) is 1. The number of carbonyl (C=O) groups is 4. The van der Waals surface area contributed by atoms with Crippen LogP contribution in [0.15, 0.2) is 23.1 Å². The minimum Gasteiger partial charge on any atom is -0.504 e. The van der Waals surface area contributed by atoms with Gasteiger partial charge < -0.3 is 20.3 Å². The molecule has 3 N–H and O–H groups in total. The first kappa shape index (κ1) is 20.3. The zero-order valence-electron chi connectivity index (χ0n) is 14.6. The molecular formula is C17H18N2O7S. The fraction of sp³-hybridized carbons (Fsp3) is 0.294. The molecule has 0 aromatic heterocycles. The van der Waals surface area contributed by atoms with Crippen LogP contribution in [-0.2, 0) is 14.4 Å². The van der Waals surface area contributed by atoms with Crippen LogP contribution in [0.2, 0.25) is 0 Å². The lowest BCUT2D eigenvalue weighted by atomic mass is 10.2. The summed E-state index contributed by atoms with van der Waals surface area (Å²) in [6.45, 7) is 2.80. The predicted octanol–water partition coefficient (Wildman–Crippen LogP) is 1.42. The Morgan fingerprint density at radius 3 is 2.70 bits per heavy atom. The zero-order chi connectivity index (χ0) is 20.1. The summed E-state index contributed by atoms with van der Waals surface area (Å²) in [5, 5.41) is 20.0. The van der Waals surface area contributed by atoms with Crippen molar-refractivity contribution in [3.8, 4) is 11.5 Å². The predicted molar refractivity (Wildman–Crippen MR) is 97.2 cm³/mol. The molecule has 0 bridgehead atoms. The average molecular weight is 394 g/mol. The van der Waals surface area contributed by atoms with Crippen LogP contribution in [0.3, 0.4) is 0 Å². The highest BCUT2D eigenvalue weighted by Crippen LogP contribution is 2.34. The molecule has 1 aliphatic heterocycles. The van der Waals surface area contributed by atoms with Crippen LogP contribution in [0.4, 0.5) is 4.79 Å². The van der Waals surface area contributed by atoms with E-state index >= 15 is 0 Å². The first-order chi connectivity index (χ1) is 12.7. The zero-order valence-corrected chi connectivity index (χ0v) is 15.4. The van der Waals surface area contributed by atoms with E-state index in [1.165, 1.54) is 25.1 Å². The summed E-state index contributed by atoms with van der Waals surface area (Å²) < 4.78 is 5.27. The summed E-state index contributed by atoms with van der Waals surface area (Å²) in [6, 6.07) is 3.34. The van der Waals surface area contributed by atoms with Crippen LogP contribution in [0.5, 0.6) is 11.5 Å². The normalized spacial score (nSPS) is 16.5. The fourth-order valence-electron chi connectivity index (χ4n) is 2.17. The number of benzene rings is 1. The molecule has 3 amide bonds. The van der Waals surface area contributed by atoms with Crippen LogP contribution >= 0.6 is 11.8 Å². The number of carbonyl (C=O) groups excluding carboxylic acids is 3. The largest absolute Gasteiger partial charge is 0.504 e. The Bertz CT molecular complexity index is 821. The Balaban J connectivity index is 2.13. The third-order valence-electron chi connectivity index (χ3n) is 3.50. The Labute approximate surface area is 159 Å². The van der Waals surface area contributed by atoms with Crippen LogP contribution in [0.1, 0.15) is 19.4 Å². The molecule has 1 unspecified atom stereocenters. The van der Waals surface area contributed by atoms with Gasteiger partial charge in [-0.2, -0.15) is 0 Å². The lowest BCUT2D eigenvalue weighted by Gasteiger charge is -2.14. The quantitative estimate of drug-likeness (QED) is 0.591. The van der Waals surface area contributed by atoms with E-state index < -0.39 is 35.6 Å². The van der Waals surface area contributed by atoms with Crippen LogP contribution in [0.25, 0.3) is 6.08 Å². The van der Waals surface area contributed by atoms with Gasteiger partial charge in [0.1, 0.15) is 12.6 Å². The number of ether oxygens (including phenoxy) is 1. The van der Waals surface area contributed by atoms with Gasteiger partial charge in [0.25, 0.3) is 11.1 Å². The van der Waals surface area contributed by atoms with E-state index in [1.54, 1.807) is 13.0 Å². The molecule has 1 aliphatic rings. The number of nitrogens with zero attached hydrogens (tertiary/aromatic N) is 1. The number of imide groups is 1. The molecule has 0 aliphatic carbocycles. The van der Waals surface area contributed by atoms with E-state index in [0.717, 1.165) is 4.90 Å². The Morgan fingerprint density at radius 1 is 1.37 bits per heavy atom. The Morgan fingerprint density at radius 2 is 2.07 bits per heavy atom. The third kappa shape index (κ3) is 5.00. The van der Waals surface area contributed by atoms with Crippen LogP contribution in [-0.4, -0.2) is 57.3 Å². The number of rotatable bonds is 7. The fourth-order valence-corrected chi connectivity index (χ4v) is 3.01. The second-order valence-electron chi connectivity index (χ2n) is 5.56. The van der Waals surface area contributed by atoms with Crippen molar-refractivity contribution >= 4 is 40.9 Å². The molecule has 1 atom stereocenters. The molecule has 0 saturated carbocycles. The lowest BCUT2D eigenvalue weighted by Crippen LogP contribution is -2.45. The Hall–Kier alpha value is -3.01. The molecule has 0 radical (unpaired) electrons. The van der Waals surface area contributed by atoms with Crippen molar-refractivity contribution < 1.29 is 34.1 Å². The van der Waals surface area contributed by atoms with Crippen molar-refractivity contribution in [3.05, 3.63) is 28.7 Å². The first-order valence-corrected chi connectivity index (χ1v) is 8.78. The van der Waals surface area contributed by atoms with E-state index in [1.807, 2.05) is 0 Å². The highest BCUT2D eigenvalue weighted by atomic mass is 32.2. The number of hydrogen-bond donors (Lipinski definition) is 3. The van der Waals surface area contributed by atoms with Crippen molar-refractivity contribution in [2.45, 2.75) is 19.9 Å². The molecule has 9 nitrogen and oxygen atoms in total. The number of carboxylic acids is 1. The molecule has 1 aromatic rings. The van der Waals surface area contributed by atoms with Gasteiger partial charge in [0, 0.05) is 0 Å². The number of phenolic OH excluding ortho intramolecular Hbond substituents is 1. The summed E-state index contributed by atoms with van der Waals surface area (Å²) in [7, 11) is 0. The average Bonchev–Trinajstić information content (AvgIpc) is 2.85. The summed E-state index contributed by atoms with van der Waals surface area (Å²) >= 11 is 0.666. The number of aromatic hydroxyl groups is 1. The first-order valence-electron chi connectivity index (χ1n) is 7.96. The van der Waals surface area contributed by atoms with E-state index in [-0.39, 0.29) is 16.4 Å². The lowest BCUT2D eigenvalue weighted by molar-refractivity contribution is -0.141. The van der Waals surface area contributed by atoms with Crippen molar-refractivity contribution in [2.24, 2.45) is 0 Å². The summed E-state index contributed by atoms with van der Waals surface area (Å²) in [5.41, 5.74) is 0.533. The van der Waals surface area contributed by atoms with Gasteiger partial charge in [0.2, 0.25) is 5.91 Å². The number of aliphatic carboxylic acids is 1. The molecule has 27 heavy (non-hydrogen) atoms. The number of nitrogens with one attached hydrogen (secondary N) is 1. The van der Waals surface area contributed by atoms with E-state index in [9.17, 15) is 24.3 Å². The number of amides is 3. The monoisotopic (exact) mass is 394 g/mol. The van der Waals surface area contributed by atoms with E-state index in [4.69, 9.17) is 9.84 Å². The van der Waals surface area contributed by atoms with Crippen LogP contribution < -0.4 is 10.1 Å².